The first-order valence-electron chi connectivity index (χ1n) is 4.96. The first kappa shape index (κ1) is 11.7. The lowest BCUT2D eigenvalue weighted by Crippen LogP contribution is -2.05. The molecule has 0 aliphatic heterocycles. The van der Waals surface area contributed by atoms with Crippen molar-refractivity contribution >= 4 is 15.9 Å². The zero-order valence-electron chi connectivity index (χ0n) is 8.63. The number of benzene rings is 1. The summed E-state index contributed by atoms with van der Waals surface area (Å²) >= 11 is 3.53. The van der Waals surface area contributed by atoms with Crippen LogP contribution in [0.4, 0.5) is 4.39 Å². The summed E-state index contributed by atoms with van der Waals surface area (Å²) < 4.78 is 12.9. The Kier molecular flexibility index (Phi) is 4.59. The van der Waals surface area contributed by atoms with Crippen molar-refractivity contribution in [2.24, 2.45) is 5.92 Å². The molecular formula is C12H16BrF. The van der Waals surface area contributed by atoms with Crippen LogP contribution in [0.15, 0.2) is 24.3 Å². The van der Waals surface area contributed by atoms with Crippen LogP contribution in [0.1, 0.15) is 25.8 Å². The minimum atomic E-state index is -0.137. The molecule has 2 atom stereocenters. The Labute approximate surface area is 93.7 Å². The van der Waals surface area contributed by atoms with E-state index in [2.05, 4.69) is 29.8 Å². The van der Waals surface area contributed by atoms with Gasteiger partial charge in [-0.2, -0.15) is 0 Å². The SMILES string of the molecule is CC(Br)CC(C)Cc1cccc(F)c1. The van der Waals surface area contributed by atoms with Crippen molar-refractivity contribution in [1.29, 1.82) is 0 Å². The van der Waals surface area contributed by atoms with Gasteiger partial charge in [0, 0.05) is 4.83 Å². The van der Waals surface area contributed by atoms with E-state index in [0.717, 1.165) is 18.4 Å². The van der Waals surface area contributed by atoms with Crippen LogP contribution in [0.25, 0.3) is 0 Å². The Hall–Kier alpha value is -0.370. The maximum atomic E-state index is 12.9. The Balaban J connectivity index is 2.51. The highest BCUT2D eigenvalue weighted by Gasteiger charge is 2.07. The summed E-state index contributed by atoms with van der Waals surface area (Å²) in [4.78, 5) is 0.533. The normalized spacial score (nSPS) is 15.1. The molecule has 14 heavy (non-hydrogen) atoms. The lowest BCUT2D eigenvalue weighted by molar-refractivity contribution is 0.530. The van der Waals surface area contributed by atoms with E-state index in [1.807, 2.05) is 6.07 Å². The Bertz CT molecular complexity index is 283. The summed E-state index contributed by atoms with van der Waals surface area (Å²) in [6.45, 7) is 4.34. The van der Waals surface area contributed by atoms with Crippen molar-refractivity contribution in [3.05, 3.63) is 35.6 Å². The molecule has 0 saturated heterocycles. The first-order valence-corrected chi connectivity index (χ1v) is 5.88. The van der Waals surface area contributed by atoms with Crippen LogP contribution in [-0.4, -0.2) is 4.83 Å². The minimum absolute atomic E-state index is 0.137. The number of hydrogen-bond acceptors (Lipinski definition) is 0. The maximum absolute atomic E-state index is 12.9. The molecule has 1 rings (SSSR count). The third-order valence-corrected chi connectivity index (χ3v) is 2.57. The summed E-state index contributed by atoms with van der Waals surface area (Å²) in [6, 6.07) is 6.87. The van der Waals surface area contributed by atoms with E-state index in [0.29, 0.717) is 10.7 Å². The van der Waals surface area contributed by atoms with Gasteiger partial charge in [-0.1, -0.05) is 41.9 Å². The molecule has 0 nitrogen and oxygen atoms in total. The molecular weight excluding hydrogens is 243 g/mol. The summed E-state index contributed by atoms with van der Waals surface area (Å²) in [6.07, 6.45) is 2.07. The molecule has 0 radical (unpaired) electrons. The van der Waals surface area contributed by atoms with Crippen molar-refractivity contribution in [3.8, 4) is 0 Å². The molecule has 0 fully saturated rings. The molecule has 0 heterocycles. The van der Waals surface area contributed by atoms with Crippen molar-refractivity contribution in [1.82, 2.24) is 0 Å². The van der Waals surface area contributed by atoms with E-state index in [9.17, 15) is 4.39 Å². The van der Waals surface area contributed by atoms with Gasteiger partial charge in [-0.3, -0.25) is 0 Å². The van der Waals surface area contributed by atoms with E-state index < -0.39 is 0 Å². The summed E-state index contributed by atoms with van der Waals surface area (Å²) in [5.41, 5.74) is 1.09. The van der Waals surface area contributed by atoms with Crippen molar-refractivity contribution < 1.29 is 4.39 Å². The van der Waals surface area contributed by atoms with E-state index in [-0.39, 0.29) is 5.82 Å². The van der Waals surface area contributed by atoms with Gasteiger partial charge in [0.25, 0.3) is 0 Å². The van der Waals surface area contributed by atoms with Gasteiger partial charge in [0.1, 0.15) is 5.82 Å². The van der Waals surface area contributed by atoms with Crippen LogP contribution >= 0.6 is 15.9 Å². The van der Waals surface area contributed by atoms with Crippen LogP contribution < -0.4 is 0 Å². The van der Waals surface area contributed by atoms with Crippen molar-refractivity contribution in [2.75, 3.05) is 0 Å². The standard InChI is InChI=1S/C12H16BrF/c1-9(6-10(2)13)7-11-4-3-5-12(14)8-11/h3-5,8-10H,6-7H2,1-2H3. The Morgan fingerprint density at radius 3 is 2.64 bits per heavy atom. The highest BCUT2D eigenvalue weighted by atomic mass is 79.9. The number of rotatable bonds is 4. The highest BCUT2D eigenvalue weighted by Crippen LogP contribution is 2.17. The lowest BCUT2D eigenvalue weighted by atomic mass is 9.97. The topological polar surface area (TPSA) is 0 Å². The molecule has 0 aliphatic carbocycles. The van der Waals surface area contributed by atoms with Crippen molar-refractivity contribution in [3.63, 3.8) is 0 Å². The molecule has 0 aromatic heterocycles. The maximum Gasteiger partial charge on any atom is 0.123 e. The fourth-order valence-corrected chi connectivity index (χ4v) is 2.34. The van der Waals surface area contributed by atoms with Crippen LogP contribution in [0.5, 0.6) is 0 Å². The van der Waals surface area contributed by atoms with E-state index in [1.54, 1.807) is 12.1 Å². The third kappa shape index (κ3) is 4.23. The first-order chi connectivity index (χ1) is 6.58. The molecule has 2 unspecified atom stereocenters. The molecule has 0 N–H and O–H groups in total. The molecule has 0 bridgehead atoms. The largest absolute Gasteiger partial charge is 0.207 e. The molecule has 0 saturated carbocycles. The van der Waals surface area contributed by atoms with Gasteiger partial charge < -0.3 is 0 Å². The zero-order chi connectivity index (χ0) is 10.6. The fourth-order valence-electron chi connectivity index (χ4n) is 1.70. The van der Waals surface area contributed by atoms with Gasteiger partial charge in [0.05, 0.1) is 0 Å². The van der Waals surface area contributed by atoms with Crippen LogP contribution in [0, 0.1) is 11.7 Å². The van der Waals surface area contributed by atoms with E-state index >= 15 is 0 Å². The Morgan fingerprint density at radius 2 is 2.07 bits per heavy atom. The fraction of sp³-hybridized carbons (Fsp3) is 0.500. The second-order valence-electron chi connectivity index (χ2n) is 3.96. The summed E-state index contributed by atoms with van der Waals surface area (Å²) in [7, 11) is 0. The van der Waals surface area contributed by atoms with Gasteiger partial charge in [-0.25, -0.2) is 4.39 Å². The molecule has 0 amide bonds. The molecule has 0 spiro atoms. The van der Waals surface area contributed by atoms with Crippen molar-refractivity contribution in [2.45, 2.75) is 31.5 Å². The number of halogens is 2. The molecule has 1 aromatic carbocycles. The minimum Gasteiger partial charge on any atom is -0.207 e. The van der Waals surface area contributed by atoms with E-state index in [4.69, 9.17) is 0 Å². The predicted octanol–water partition coefficient (Wildman–Crippen LogP) is 4.18. The smallest absolute Gasteiger partial charge is 0.123 e. The average molecular weight is 259 g/mol. The predicted molar refractivity (Wildman–Crippen MR) is 62.3 cm³/mol. The monoisotopic (exact) mass is 258 g/mol. The van der Waals surface area contributed by atoms with Gasteiger partial charge in [-0.15, -0.1) is 0 Å². The molecule has 2 heteroatoms. The second kappa shape index (κ2) is 5.50. The average Bonchev–Trinajstić information content (AvgIpc) is 2.01. The number of alkyl halides is 1. The number of hydrogen-bond donors (Lipinski definition) is 0. The van der Waals surface area contributed by atoms with Gasteiger partial charge in [0.2, 0.25) is 0 Å². The van der Waals surface area contributed by atoms with Gasteiger partial charge in [-0.05, 0) is 36.5 Å². The van der Waals surface area contributed by atoms with Gasteiger partial charge >= 0.3 is 0 Å². The van der Waals surface area contributed by atoms with E-state index in [1.165, 1.54) is 6.07 Å². The molecule has 1 aromatic rings. The quantitative estimate of drug-likeness (QED) is 0.711. The molecule has 78 valence electrons. The van der Waals surface area contributed by atoms with Crippen LogP contribution in [0.2, 0.25) is 0 Å². The van der Waals surface area contributed by atoms with Crippen LogP contribution in [-0.2, 0) is 6.42 Å². The summed E-state index contributed by atoms with van der Waals surface area (Å²) in [5.74, 6) is 0.452. The lowest BCUT2D eigenvalue weighted by Gasteiger charge is -2.12. The second-order valence-corrected chi connectivity index (χ2v) is 5.52. The summed E-state index contributed by atoms with van der Waals surface area (Å²) in [5, 5.41) is 0. The zero-order valence-corrected chi connectivity index (χ0v) is 10.2. The Morgan fingerprint density at radius 1 is 1.36 bits per heavy atom. The van der Waals surface area contributed by atoms with Crippen LogP contribution in [0.3, 0.4) is 0 Å². The third-order valence-electron chi connectivity index (χ3n) is 2.20. The highest BCUT2D eigenvalue weighted by molar-refractivity contribution is 9.09. The molecule has 0 aliphatic rings. The van der Waals surface area contributed by atoms with Gasteiger partial charge in [0.15, 0.2) is 0 Å².